The largest absolute Gasteiger partial charge is 0.295 e. The van der Waals surface area contributed by atoms with Crippen LogP contribution in [0.25, 0.3) is 11.4 Å². The first kappa shape index (κ1) is 16.3. The Bertz CT molecular complexity index is 838. The molecule has 0 aliphatic heterocycles. The minimum Gasteiger partial charge on any atom is -0.295 e. The zero-order chi connectivity index (χ0) is 17.1. The molecule has 24 heavy (non-hydrogen) atoms. The van der Waals surface area contributed by atoms with Gasteiger partial charge in [-0.3, -0.25) is 14.8 Å². The van der Waals surface area contributed by atoms with E-state index >= 15 is 0 Å². The highest BCUT2D eigenvalue weighted by Crippen LogP contribution is 2.22. The van der Waals surface area contributed by atoms with Crippen molar-refractivity contribution < 1.29 is 4.79 Å². The summed E-state index contributed by atoms with van der Waals surface area (Å²) in [5, 5.41) is 7.77. The molecule has 2 heterocycles. The molecule has 0 bridgehead atoms. The fourth-order valence-electron chi connectivity index (χ4n) is 2.28. The number of nitrogens with one attached hydrogen (secondary N) is 1. The highest BCUT2D eigenvalue weighted by Gasteiger charge is 2.18. The molecule has 0 saturated carbocycles. The molecule has 0 aliphatic rings. The first-order valence-corrected chi connectivity index (χ1v) is 8.64. The summed E-state index contributed by atoms with van der Waals surface area (Å²) in [6.45, 7) is 6.72. The third-order valence-electron chi connectivity index (χ3n) is 3.60. The van der Waals surface area contributed by atoms with Gasteiger partial charge in [-0.05, 0) is 18.9 Å². The predicted octanol–water partition coefficient (Wildman–Crippen LogP) is 3.80. The standard InChI is InChI=1S/C17H19N5OS/c1-4-22-14(10-13(20-22)11(2)3)16(23)19-17-18-15(21-24-17)12-8-6-5-7-9-12/h5-11H,4H2,1-3H3,(H,18,19,21,23). The van der Waals surface area contributed by atoms with Crippen LogP contribution < -0.4 is 5.32 Å². The van der Waals surface area contributed by atoms with Crippen molar-refractivity contribution in [2.45, 2.75) is 33.2 Å². The summed E-state index contributed by atoms with van der Waals surface area (Å²) in [5.41, 5.74) is 2.37. The van der Waals surface area contributed by atoms with Crippen LogP contribution in [0.1, 0.15) is 42.9 Å². The number of aryl methyl sites for hydroxylation is 1. The van der Waals surface area contributed by atoms with Crippen LogP contribution in [0.4, 0.5) is 5.13 Å². The topological polar surface area (TPSA) is 72.7 Å². The minimum absolute atomic E-state index is 0.216. The highest BCUT2D eigenvalue weighted by atomic mass is 32.1. The van der Waals surface area contributed by atoms with Gasteiger partial charge in [0, 0.05) is 23.6 Å². The lowest BCUT2D eigenvalue weighted by atomic mass is 10.1. The van der Waals surface area contributed by atoms with Crippen LogP contribution in [-0.4, -0.2) is 25.0 Å². The Morgan fingerprint density at radius 2 is 2.04 bits per heavy atom. The molecule has 0 atom stereocenters. The fraction of sp³-hybridized carbons (Fsp3) is 0.294. The van der Waals surface area contributed by atoms with Crippen LogP contribution >= 0.6 is 11.5 Å². The third-order valence-corrected chi connectivity index (χ3v) is 4.23. The molecule has 124 valence electrons. The average molecular weight is 341 g/mol. The van der Waals surface area contributed by atoms with E-state index in [0.717, 1.165) is 11.3 Å². The normalized spacial score (nSPS) is 11.0. The van der Waals surface area contributed by atoms with E-state index in [1.165, 1.54) is 11.5 Å². The van der Waals surface area contributed by atoms with Gasteiger partial charge in [-0.15, -0.1) is 0 Å². The van der Waals surface area contributed by atoms with Crippen LogP contribution in [0.15, 0.2) is 36.4 Å². The number of carbonyl (C=O) groups excluding carboxylic acids is 1. The molecule has 3 rings (SSSR count). The second-order valence-corrected chi connectivity index (χ2v) is 6.42. The molecular formula is C17H19N5OS. The van der Waals surface area contributed by atoms with Crippen LogP contribution in [0.5, 0.6) is 0 Å². The van der Waals surface area contributed by atoms with Crippen LogP contribution in [0, 0.1) is 0 Å². The molecule has 3 aromatic rings. The van der Waals surface area contributed by atoms with Gasteiger partial charge in [0.15, 0.2) is 5.82 Å². The molecule has 2 aromatic heterocycles. The van der Waals surface area contributed by atoms with Crippen molar-refractivity contribution in [2.24, 2.45) is 0 Å². The van der Waals surface area contributed by atoms with Crippen molar-refractivity contribution in [1.29, 1.82) is 0 Å². The number of nitrogens with zero attached hydrogens (tertiary/aromatic N) is 4. The lowest BCUT2D eigenvalue weighted by molar-refractivity contribution is 0.101. The van der Waals surface area contributed by atoms with E-state index in [1.807, 2.05) is 43.3 Å². The summed E-state index contributed by atoms with van der Waals surface area (Å²) in [6.07, 6.45) is 0. The second kappa shape index (κ2) is 6.92. The number of benzene rings is 1. The maximum absolute atomic E-state index is 12.5. The molecule has 1 N–H and O–H groups in total. The third kappa shape index (κ3) is 3.35. The van der Waals surface area contributed by atoms with Gasteiger partial charge < -0.3 is 0 Å². The van der Waals surface area contributed by atoms with E-state index in [4.69, 9.17) is 0 Å². The summed E-state index contributed by atoms with van der Waals surface area (Å²) in [7, 11) is 0. The maximum atomic E-state index is 12.5. The SMILES string of the molecule is CCn1nc(C(C)C)cc1C(=O)Nc1nc(-c2ccccc2)ns1. The van der Waals surface area contributed by atoms with E-state index in [-0.39, 0.29) is 11.8 Å². The summed E-state index contributed by atoms with van der Waals surface area (Å²) < 4.78 is 6.01. The number of amides is 1. The molecule has 0 fully saturated rings. The van der Waals surface area contributed by atoms with Crippen molar-refractivity contribution in [2.75, 3.05) is 5.32 Å². The predicted molar refractivity (Wildman–Crippen MR) is 95.3 cm³/mol. The lowest BCUT2D eigenvalue weighted by Gasteiger charge is -2.03. The molecule has 0 radical (unpaired) electrons. The Hall–Kier alpha value is -2.54. The van der Waals surface area contributed by atoms with E-state index in [2.05, 4.69) is 33.6 Å². The molecule has 0 saturated heterocycles. The Morgan fingerprint density at radius 3 is 2.71 bits per heavy atom. The van der Waals surface area contributed by atoms with Crippen molar-refractivity contribution in [1.82, 2.24) is 19.1 Å². The molecule has 1 amide bonds. The van der Waals surface area contributed by atoms with Crippen LogP contribution in [-0.2, 0) is 6.54 Å². The number of carbonyl (C=O) groups is 1. The summed E-state index contributed by atoms with van der Waals surface area (Å²) in [4.78, 5) is 16.9. The fourth-order valence-corrected chi connectivity index (χ4v) is 2.87. The first-order valence-electron chi connectivity index (χ1n) is 7.86. The van der Waals surface area contributed by atoms with Gasteiger partial charge in [0.2, 0.25) is 5.13 Å². The smallest absolute Gasteiger partial charge is 0.275 e. The number of hydrogen-bond donors (Lipinski definition) is 1. The van der Waals surface area contributed by atoms with E-state index in [1.54, 1.807) is 4.68 Å². The maximum Gasteiger partial charge on any atom is 0.275 e. The molecule has 1 aromatic carbocycles. The van der Waals surface area contributed by atoms with Crippen molar-refractivity contribution in [3.8, 4) is 11.4 Å². The van der Waals surface area contributed by atoms with Gasteiger partial charge in [0.1, 0.15) is 5.69 Å². The van der Waals surface area contributed by atoms with Crippen LogP contribution in [0.2, 0.25) is 0 Å². The second-order valence-electron chi connectivity index (χ2n) is 5.67. The zero-order valence-corrected chi connectivity index (χ0v) is 14.7. The molecule has 0 aliphatic carbocycles. The van der Waals surface area contributed by atoms with Crippen molar-refractivity contribution in [3.05, 3.63) is 47.8 Å². The van der Waals surface area contributed by atoms with Gasteiger partial charge in [-0.1, -0.05) is 44.2 Å². The summed E-state index contributed by atoms with van der Waals surface area (Å²) >= 11 is 1.17. The van der Waals surface area contributed by atoms with Gasteiger partial charge >= 0.3 is 0 Å². The number of aromatic nitrogens is 4. The molecule has 6 nitrogen and oxygen atoms in total. The molecule has 0 unspecified atom stereocenters. The van der Waals surface area contributed by atoms with E-state index in [0.29, 0.717) is 23.2 Å². The molecular weight excluding hydrogens is 322 g/mol. The highest BCUT2D eigenvalue weighted by molar-refractivity contribution is 7.10. The van der Waals surface area contributed by atoms with E-state index in [9.17, 15) is 4.79 Å². The van der Waals surface area contributed by atoms with Gasteiger partial charge in [-0.2, -0.15) is 14.5 Å². The lowest BCUT2D eigenvalue weighted by Crippen LogP contribution is -2.17. The van der Waals surface area contributed by atoms with E-state index < -0.39 is 0 Å². The van der Waals surface area contributed by atoms with Crippen molar-refractivity contribution in [3.63, 3.8) is 0 Å². The Labute approximate surface area is 144 Å². The summed E-state index contributed by atoms with van der Waals surface area (Å²) in [6, 6.07) is 11.5. The molecule has 0 spiro atoms. The number of hydrogen-bond acceptors (Lipinski definition) is 5. The first-order chi connectivity index (χ1) is 11.6. The van der Waals surface area contributed by atoms with Crippen LogP contribution in [0.3, 0.4) is 0 Å². The summed E-state index contributed by atoms with van der Waals surface area (Å²) in [5.74, 6) is 0.672. The minimum atomic E-state index is -0.216. The Kier molecular flexibility index (Phi) is 4.71. The Balaban J connectivity index is 1.79. The number of rotatable bonds is 5. The Morgan fingerprint density at radius 1 is 1.29 bits per heavy atom. The van der Waals surface area contributed by atoms with Gasteiger partial charge in [0.05, 0.1) is 5.69 Å². The number of anilines is 1. The van der Waals surface area contributed by atoms with Crippen molar-refractivity contribution >= 4 is 22.6 Å². The van der Waals surface area contributed by atoms with Gasteiger partial charge in [0.25, 0.3) is 5.91 Å². The molecule has 7 heteroatoms. The average Bonchev–Trinajstić information content (AvgIpc) is 3.22. The quantitative estimate of drug-likeness (QED) is 0.766. The zero-order valence-electron chi connectivity index (χ0n) is 13.9. The van der Waals surface area contributed by atoms with Gasteiger partial charge in [-0.25, -0.2) is 0 Å². The monoisotopic (exact) mass is 341 g/mol.